The van der Waals surface area contributed by atoms with Gasteiger partial charge in [0.1, 0.15) is 12.4 Å². The van der Waals surface area contributed by atoms with Crippen LogP contribution in [0.2, 0.25) is 0 Å². The fourth-order valence-electron chi connectivity index (χ4n) is 1.68. The maximum atomic E-state index is 12.1. The van der Waals surface area contributed by atoms with E-state index in [4.69, 9.17) is 9.15 Å². The van der Waals surface area contributed by atoms with Crippen molar-refractivity contribution in [2.24, 2.45) is 0 Å². The van der Waals surface area contributed by atoms with Gasteiger partial charge >= 0.3 is 5.97 Å². The number of ether oxygens (including phenoxy) is 1. The Labute approximate surface area is 133 Å². The van der Waals surface area contributed by atoms with E-state index in [1.807, 2.05) is 0 Å². The van der Waals surface area contributed by atoms with Gasteiger partial charge in [-0.3, -0.25) is 4.79 Å². The minimum Gasteiger partial charge on any atom is -0.468 e. The topological polar surface area (TPSA) is 103 Å². The summed E-state index contributed by atoms with van der Waals surface area (Å²) in [5.41, 5.74) is 0.163. The zero-order chi connectivity index (χ0) is 16.9. The van der Waals surface area contributed by atoms with Crippen LogP contribution in [-0.2, 0) is 26.1 Å². The summed E-state index contributed by atoms with van der Waals surface area (Å²) in [5, 5.41) is 0. The molecule has 0 aliphatic rings. The second-order valence-corrected chi connectivity index (χ2v) is 6.47. The highest BCUT2D eigenvalue weighted by Gasteiger charge is 2.16. The summed E-state index contributed by atoms with van der Waals surface area (Å²) in [6, 6.07) is 8.53. The van der Waals surface area contributed by atoms with Crippen LogP contribution in [0.3, 0.4) is 0 Å². The summed E-state index contributed by atoms with van der Waals surface area (Å²) >= 11 is 0. The predicted molar refractivity (Wildman–Crippen MR) is 80.1 cm³/mol. The number of carbonyl (C=O) groups is 2. The van der Waals surface area contributed by atoms with Crippen LogP contribution in [0, 0.1) is 0 Å². The van der Waals surface area contributed by atoms with Gasteiger partial charge in [0.05, 0.1) is 23.3 Å². The van der Waals surface area contributed by atoms with Gasteiger partial charge in [-0.1, -0.05) is 0 Å². The van der Waals surface area contributed by atoms with E-state index >= 15 is 0 Å². The smallest absolute Gasteiger partial charge is 0.338 e. The highest BCUT2D eigenvalue weighted by molar-refractivity contribution is 7.89. The molecule has 0 fully saturated rings. The zero-order valence-electron chi connectivity index (χ0n) is 12.3. The van der Waals surface area contributed by atoms with Gasteiger partial charge in [0.25, 0.3) is 0 Å². The molecule has 122 valence electrons. The summed E-state index contributed by atoms with van der Waals surface area (Å²) in [7, 11) is -3.72. The molecule has 8 heteroatoms. The van der Waals surface area contributed by atoms with E-state index in [1.54, 1.807) is 12.1 Å². The number of carbonyl (C=O) groups excluding carboxylic acids is 2. The van der Waals surface area contributed by atoms with E-state index < -0.39 is 16.0 Å². The monoisotopic (exact) mass is 337 g/mol. The van der Waals surface area contributed by atoms with Crippen LogP contribution in [0.5, 0.6) is 0 Å². The molecular weight excluding hydrogens is 322 g/mol. The highest BCUT2D eigenvalue weighted by Crippen LogP contribution is 2.12. The van der Waals surface area contributed by atoms with Crippen molar-refractivity contribution in [2.75, 3.05) is 6.61 Å². The molecule has 0 unspecified atom stereocenters. The lowest BCUT2D eigenvalue weighted by molar-refractivity contribution is -0.120. The summed E-state index contributed by atoms with van der Waals surface area (Å²) in [6.07, 6.45) is 1.45. The molecule has 23 heavy (non-hydrogen) atoms. The van der Waals surface area contributed by atoms with Crippen LogP contribution in [0.25, 0.3) is 0 Å². The highest BCUT2D eigenvalue weighted by atomic mass is 32.2. The van der Waals surface area contributed by atoms with Crippen LogP contribution in [0.15, 0.2) is 52.0 Å². The number of sulfonamides is 1. The Morgan fingerprint density at radius 1 is 1.17 bits per heavy atom. The number of benzene rings is 1. The third-order valence-electron chi connectivity index (χ3n) is 2.82. The summed E-state index contributed by atoms with van der Waals surface area (Å²) in [6.45, 7) is 1.01. The third-order valence-corrected chi connectivity index (χ3v) is 4.24. The molecule has 0 bridgehead atoms. The molecule has 0 aliphatic heterocycles. The fraction of sp³-hybridized carbons (Fsp3) is 0.200. The number of Topliss-reactive ketones (excluding diaryl/α,β-unsaturated/α-hetero) is 1. The minimum atomic E-state index is -3.72. The van der Waals surface area contributed by atoms with Crippen molar-refractivity contribution in [1.82, 2.24) is 4.72 Å². The number of esters is 1. The van der Waals surface area contributed by atoms with Gasteiger partial charge in [-0.05, 0) is 43.3 Å². The van der Waals surface area contributed by atoms with E-state index in [0.29, 0.717) is 5.76 Å². The molecule has 1 aromatic heterocycles. The van der Waals surface area contributed by atoms with Crippen molar-refractivity contribution < 1.29 is 27.2 Å². The third kappa shape index (κ3) is 4.76. The molecular formula is C15H15NO6S. The standard InChI is InChI=1S/C15H15NO6S/c1-11(17)10-22-15(18)12-4-6-14(7-5-12)23(19,20)16-9-13-3-2-8-21-13/h2-8,16H,9-10H2,1H3. The molecule has 0 spiro atoms. The van der Waals surface area contributed by atoms with Crippen LogP contribution < -0.4 is 4.72 Å². The second kappa shape index (κ2) is 7.21. The van der Waals surface area contributed by atoms with Crippen molar-refractivity contribution in [3.63, 3.8) is 0 Å². The van der Waals surface area contributed by atoms with E-state index in [-0.39, 0.29) is 29.4 Å². The molecule has 7 nitrogen and oxygen atoms in total. The molecule has 0 aliphatic carbocycles. The molecule has 0 saturated heterocycles. The molecule has 0 saturated carbocycles. The van der Waals surface area contributed by atoms with Crippen molar-refractivity contribution in [3.05, 3.63) is 54.0 Å². The zero-order valence-corrected chi connectivity index (χ0v) is 13.1. The molecule has 1 aromatic carbocycles. The average Bonchev–Trinajstić information content (AvgIpc) is 3.04. The first kappa shape index (κ1) is 16.9. The van der Waals surface area contributed by atoms with E-state index in [9.17, 15) is 18.0 Å². The molecule has 0 atom stereocenters. The van der Waals surface area contributed by atoms with Crippen LogP contribution in [0.1, 0.15) is 23.0 Å². The second-order valence-electron chi connectivity index (χ2n) is 4.71. The number of hydrogen-bond donors (Lipinski definition) is 1. The maximum Gasteiger partial charge on any atom is 0.338 e. The van der Waals surface area contributed by atoms with Gasteiger partial charge < -0.3 is 9.15 Å². The number of ketones is 1. The normalized spacial score (nSPS) is 11.2. The van der Waals surface area contributed by atoms with Gasteiger partial charge in [0.2, 0.25) is 10.0 Å². The van der Waals surface area contributed by atoms with Crippen molar-refractivity contribution in [2.45, 2.75) is 18.4 Å². The van der Waals surface area contributed by atoms with Crippen LogP contribution in [-0.4, -0.2) is 26.8 Å². The predicted octanol–water partition coefficient (Wildman–Crippen LogP) is 1.50. The maximum absolute atomic E-state index is 12.1. The average molecular weight is 337 g/mol. The first-order chi connectivity index (χ1) is 10.9. The first-order valence-corrected chi connectivity index (χ1v) is 8.15. The van der Waals surface area contributed by atoms with Gasteiger partial charge in [-0.15, -0.1) is 0 Å². The van der Waals surface area contributed by atoms with E-state index in [0.717, 1.165) is 0 Å². The molecule has 0 radical (unpaired) electrons. The lowest BCUT2D eigenvalue weighted by Crippen LogP contribution is -2.23. The summed E-state index contributed by atoms with van der Waals surface area (Å²) in [5.74, 6) is -0.481. The summed E-state index contributed by atoms with van der Waals surface area (Å²) < 4.78 is 36.4. The Hall–Kier alpha value is -2.45. The molecule has 2 rings (SSSR count). The molecule has 2 aromatic rings. The SMILES string of the molecule is CC(=O)COC(=O)c1ccc(S(=O)(=O)NCc2ccco2)cc1. The Morgan fingerprint density at radius 3 is 2.43 bits per heavy atom. The number of hydrogen-bond acceptors (Lipinski definition) is 6. The Kier molecular flexibility index (Phi) is 5.30. The van der Waals surface area contributed by atoms with Crippen molar-refractivity contribution >= 4 is 21.8 Å². The molecule has 0 amide bonds. The van der Waals surface area contributed by atoms with Gasteiger partial charge in [0.15, 0.2) is 5.78 Å². The Bertz CT molecular complexity index is 778. The molecule has 1 heterocycles. The van der Waals surface area contributed by atoms with Gasteiger partial charge in [-0.25, -0.2) is 17.9 Å². The number of rotatable bonds is 7. The van der Waals surface area contributed by atoms with E-state index in [1.165, 1.54) is 37.5 Å². The van der Waals surface area contributed by atoms with Crippen LogP contribution >= 0.6 is 0 Å². The lowest BCUT2D eigenvalue weighted by Gasteiger charge is -2.07. The lowest BCUT2D eigenvalue weighted by atomic mass is 10.2. The Balaban J connectivity index is 2.02. The quantitative estimate of drug-likeness (QED) is 0.768. The van der Waals surface area contributed by atoms with Gasteiger partial charge in [-0.2, -0.15) is 0 Å². The minimum absolute atomic E-state index is 0.00664. The van der Waals surface area contributed by atoms with Crippen LogP contribution in [0.4, 0.5) is 0 Å². The van der Waals surface area contributed by atoms with Gasteiger partial charge in [0, 0.05) is 0 Å². The number of furan rings is 1. The molecule has 1 N–H and O–H groups in total. The Morgan fingerprint density at radius 2 is 1.87 bits per heavy atom. The van der Waals surface area contributed by atoms with Crippen molar-refractivity contribution in [3.8, 4) is 0 Å². The van der Waals surface area contributed by atoms with E-state index in [2.05, 4.69) is 4.72 Å². The summed E-state index contributed by atoms with van der Waals surface area (Å²) in [4.78, 5) is 22.4. The van der Waals surface area contributed by atoms with Crippen molar-refractivity contribution in [1.29, 1.82) is 0 Å². The fourth-order valence-corrected chi connectivity index (χ4v) is 2.68. The first-order valence-electron chi connectivity index (χ1n) is 6.67. The number of nitrogens with one attached hydrogen (secondary N) is 1. The largest absolute Gasteiger partial charge is 0.468 e.